The van der Waals surface area contributed by atoms with Gasteiger partial charge in [0.25, 0.3) is 0 Å². The molecule has 5 nitrogen and oxygen atoms in total. The molecule has 100 valence electrons. The lowest BCUT2D eigenvalue weighted by Crippen LogP contribution is -2.30. The van der Waals surface area contributed by atoms with Crippen LogP contribution in [0.1, 0.15) is 44.1 Å². The van der Waals surface area contributed by atoms with Gasteiger partial charge in [-0.25, -0.2) is 9.97 Å². The molecule has 1 saturated carbocycles. The van der Waals surface area contributed by atoms with Crippen LogP contribution in [0.3, 0.4) is 0 Å². The number of aromatic nitrogens is 2. The summed E-state index contributed by atoms with van der Waals surface area (Å²) in [5.74, 6) is 0.999. The Bertz CT molecular complexity index is 405. The first kappa shape index (κ1) is 13.2. The molecule has 0 atom stereocenters. The predicted octanol–water partition coefficient (Wildman–Crippen LogP) is 1.05. The Morgan fingerprint density at radius 3 is 2.61 bits per heavy atom. The van der Waals surface area contributed by atoms with Gasteiger partial charge in [-0.3, -0.25) is 0 Å². The molecule has 5 heteroatoms. The number of aliphatic hydroxyl groups excluding tert-OH is 2. The molecule has 0 unspecified atom stereocenters. The molecule has 0 saturated heterocycles. The van der Waals surface area contributed by atoms with Crippen molar-refractivity contribution in [2.45, 2.75) is 45.3 Å². The number of rotatable bonds is 6. The van der Waals surface area contributed by atoms with Crippen LogP contribution >= 0.6 is 0 Å². The minimum atomic E-state index is -0.0910. The predicted molar refractivity (Wildman–Crippen MR) is 69.5 cm³/mol. The average molecular weight is 251 g/mol. The molecule has 1 heterocycles. The fraction of sp³-hybridized carbons (Fsp3) is 0.692. The van der Waals surface area contributed by atoms with E-state index in [4.69, 9.17) is 5.11 Å². The van der Waals surface area contributed by atoms with Gasteiger partial charge in [0.15, 0.2) is 0 Å². The van der Waals surface area contributed by atoms with Gasteiger partial charge in [-0.1, -0.05) is 13.8 Å². The van der Waals surface area contributed by atoms with Crippen LogP contribution in [0, 0.1) is 0 Å². The first-order valence-electron chi connectivity index (χ1n) is 6.51. The Hall–Kier alpha value is -1.20. The molecule has 1 aliphatic carbocycles. The third kappa shape index (κ3) is 2.79. The van der Waals surface area contributed by atoms with E-state index in [9.17, 15) is 5.11 Å². The highest BCUT2D eigenvalue weighted by molar-refractivity contribution is 5.51. The van der Waals surface area contributed by atoms with E-state index < -0.39 is 0 Å². The van der Waals surface area contributed by atoms with E-state index in [0.29, 0.717) is 18.3 Å². The van der Waals surface area contributed by atoms with E-state index in [1.54, 1.807) is 6.20 Å². The zero-order valence-electron chi connectivity index (χ0n) is 11.0. The second-order valence-electron chi connectivity index (χ2n) is 5.02. The van der Waals surface area contributed by atoms with Gasteiger partial charge in [-0.15, -0.1) is 0 Å². The van der Waals surface area contributed by atoms with Crippen molar-refractivity contribution in [3.63, 3.8) is 0 Å². The molecule has 18 heavy (non-hydrogen) atoms. The summed E-state index contributed by atoms with van der Waals surface area (Å²) in [6, 6.07) is 0.468. The molecule has 2 rings (SSSR count). The monoisotopic (exact) mass is 251 g/mol. The van der Waals surface area contributed by atoms with Crippen LogP contribution in [0.4, 0.5) is 5.69 Å². The maximum absolute atomic E-state index is 9.46. The van der Waals surface area contributed by atoms with Gasteiger partial charge in [-0.2, -0.15) is 0 Å². The molecule has 0 spiro atoms. The molecule has 0 bridgehead atoms. The van der Waals surface area contributed by atoms with Crippen LogP contribution in [0.2, 0.25) is 0 Å². The van der Waals surface area contributed by atoms with Crippen molar-refractivity contribution < 1.29 is 10.2 Å². The van der Waals surface area contributed by atoms with Gasteiger partial charge >= 0.3 is 0 Å². The average Bonchev–Trinajstić information content (AvgIpc) is 3.19. The lowest BCUT2D eigenvalue weighted by molar-refractivity contribution is 0.275. The van der Waals surface area contributed by atoms with E-state index in [1.807, 2.05) is 13.8 Å². The SMILES string of the molecule is CC(C)c1ncc(N(CCO)C2CC2)c(CO)n1. The third-order valence-corrected chi connectivity index (χ3v) is 3.17. The van der Waals surface area contributed by atoms with E-state index >= 15 is 0 Å². The summed E-state index contributed by atoms with van der Waals surface area (Å²) < 4.78 is 0. The third-order valence-electron chi connectivity index (χ3n) is 3.17. The fourth-order valence-electron chi connectivity index (χ4n) is 2.05. The highest BCUT2D eigenvalue weighted by Gasteiger charge is 2.30. The molecule has 0 amide bonds. The quantitative estimate of drug-likeness (QED) is 0.791. The van der Waals surface area contributed by atoms with Crippen molar-refractivity contribution in [3.8, 4) is 0 Å². The summed E-state index contributed by atoms with van der Waals surface area (Å²) in [5, 5.41) is 18.6. The highest BCUT2D eigenvalue weighted by atomic mass is 16.3. The van der Waals surface area contributed by atoms with Crippen LogP contribution in [-0.2, 0) is 6.61 Å². The molecule has 1 aromatic rings. The molecular weight excluding hydrogens is 230 g/mol. The zero-order chi connectivity index (χ0) is 13.1. The Morgan fingerprint density at radius 2 is 2.11 bits per heavy atom. The van der Waals surface area contributed by atoms with Gasteiger partial charge in [0.05, 0.1) is 30.8 Å². The largest absolute Gasteiger partial charge is 0.395 e. The molecule has 0 radical (unpaired) electrons. The van der Waals surface area contributed by atoms with Gasteiger partial charge in [0.1, 0.15) is 5.82 Å². The van der Waals surface area contributed by atoms with Crippen molar-refractivity contribution in [2.24, 2.45) is 0 Å². The molecule has 0 aliphatic heterocycles. The molecule has 1 aliphatic rings. The minimum Gasteiger partial charge on any atom is -0.395 e. The van der Waals surface area contributed by atoms with Crippen LogP contribution in [0.5, 0.6) is 0 Å². The van der Waals surface area contributed by atoms with E-state index in [1.165, 1.54) is 0 Å². The van der Waals surface area contributed by atoms with Gasteiger partial charge in [0, 0.05) is 18.5 Å². The zero-order valence-corrected chi connectivity index (χ0v) is 11.0. The Morgan fingerprint density at radius 1 is 1.39 bits per heavy atom. The topological polar surface area (TPSA) is 69.5 Å². The number of aliphatic hydroxyl groups is 2. The highest BCUT2D eigenvalue weighted by Crippen LogP contribution is 2.32. The van der Waals surface area contributed by atoms with E-state index in [0.717, 1.165) is 24.4 Å². The number of hydrogen-bond acceptors (Lipinski definition) is 5. The number of hydrogen-bond donors (Lipinski definition) is 2. The van der Waals surface area contributed by atoms with Gasteiger partial charge in [-0.05, 0) is 12.8 Å². The second kappa shape index (κ2) is 5.63. The van der Waals surface area contributed by atoms with E-state index in [2.05, 4.69) is 14.9 Å². The molecule has 1 fully saturated rings. The van der Waals surface area contributed by atoms with Crippen molar-refractivity contribution in [1.29, 1.82) is 0 Å². The maximum atomic E-state index is 9.46. The smallest absolute Gasteiger partial charge is 0.131 e. The van der Waals surface area contributed by atoms with Crippen LogP contribution in [0.25, 0.3) is 0 Å². The Labute approximate surface area is 107 Å². The Balaban J connectivity index is 2.30. The van der Waals surface area contributed by atoms with Crippen molar-refractivity contribution in [2.75, 3.05) is 18.1 Å². The second-order valence-corrected chi connectivity index (χ2v) is 5.02. The van der Waals surface area contributed by atoms with Gasteiger partial charge in [0.2, 0.25) is 0 Å². The van der Waals surface area contributed by atoms with Crippen molar-refractivity contribution in [1.82, 2.24) is 9.97 Å². The Kier molecular flexibility index (Phi) is 4.14. The molecule has 2 N–H and O–H groups in total. The van der Waals surface area contributed by atoms with Crippen molar-refractivity contribution in [3.05, 3.63) is 17.7 Å². The fourth-order valence-corrected chi connectivity index (χ4v) is 2.05. The summed E-state index contributed by atoms with van der Waals surface area (Å²) in [7, 11) is 0. The first-order valence-corrected chi connectivity index (χ1v) is 6.51. The summed E-state index contributed by atoms with van der Waals surface area (Å²) in [5.41, 5.74) is 1.52. The van der Waals surface area contributed by atoms with E-state index in [-0.39, 0.29) is 19.1 Å². The van der Waals surface area contributed by atoms with Crippen LogP contribution in [0.15, 0.2) is 6.20 Å². The van der Waals surface area contributed by atoms with Gasteiger partial charge < -0.3 is 15.1 Å². The summed E-state index contributed by atoms with van der Waals surface area (Å²) in [4.78, 5) is 10.9. The minimum absolute atomic E-state index is 0.0910. The number of nitrogens with zero attached hydrogens (tertiary/aromatic N) is 3. The van der Waals surface area contributed by atoms with Crippen molar-refractivity contribution >= 4 is 5.69 Å². The first-order chi connectivity index (χ1) is 8.67. The van der Waals surface area contributed by atoms with Crippen LogP contribution in [-0.4, -0.2) is 39.4 Å². The lowest BCUT2D eigenvalue weighted by atomic mass is 10.2. The summed E-state index contributed by atoms with van der Waals surface area (Å²) in [6.07, 6.45) is 4.05. The lowest BCUT2D eigenvalue weighted by Gasteiger charge is -2.25. The standard InChI is InChI=1S/C13H21N3O2/c1-9(2)13-14-7-12(11(8-18)15-13)16(5-6-17)10-3-4-10/h7,9-10,17-18H,3-6,8H2,1-2H3. The normalized spacial score (nSPS) is 15.2. The maximum Gasteiger partial charge on any atom is 0.131 e. The molecule has 1 aromatic heterocycles. The summed E-state index contributed by atoms with van der Waals surface area (Å²) in [6.45, 7) is 4.65. The molecule has 0 aromatic carbocycles. The summed E-state index contributed by atoms with van der Waals surface area (Å²) >= 11 is 0. The van der Waals surface area contributed by atoms with Crippen LogP contribution < -0.4 is 4.90 Å². The molecular formula is C13H21N3O2. The number of anilines is 1.